The predicted octanol–water partition coefficient (Wildman–Crippen LogP) is 5.46. The summed E-state index contributed by atoms with van der Waals surface area (Å²) in [6.45, 7) is 2.17. The van der Waals surface area contributed by atoms with Crippen LogP contribution in [-0.4, -0.2) is 21.3 Å². The first-order valence-corrected chi connectivity index (χ1v) is 10.5. The lowest BCUT2D eigenvalue weighted by molar-refractivity contribution is -0.344. The number of hydrogen-bond acceptors (Lipinski definition) is 3. The highest BCUT2D eigenvalue weighted by molar-refractivity contribution is 5.18. The van der Waals surface area contributed by atoms with Gasteiger partial charge in [0.25, 0.3) is 5.97 Å². The van der Waals surface area contributed by atoms with Crippen molar-refractivity contribution in [3.8, 4) is 0 Å². The van der Waals surface area contributed by atoms with Crippen LogP contribution in [0.15, 0.2) is 18.2 Å². The van der Waals surface area contributed by atoms with Gasteiger partial charge in [0.05, 0.1) is 0 Å². The summed E-state index contributed by atoms with van der Waals surface area (Å²) in [5.41, 5.74) is 0.525. The van der Waals surface area contributed by atoms with Crippen LogP contribution < -0.4 is 0 Å². The van der Waals surface area contributed by atoms with Crippen LogP contribution in [0.5, 0.6) is 0 Å². The zero-order valence-electron chi connectivity index (χ0n) is 16.6. The molecule has 0 heterocycles. The molecule has 3 N–H and O–H groups in total. The Hall–Kier alpha value is -1.04. The molecular weight excluding hydrogens is 350 g/mol. The molecule has 1 aromatic rings. The summed E-state index contributed by atoms with van der Waals surface area (Å²) in [7, 11) is 0. The highest BCUT2D eigenvalue weighted by Crippen LogP contribution is 2.26. The lowest BCUT2D eigenvalue weighted by Crippen LogP contribution is -2.37. The summed E-state index contributed by atoms with van der Waals surface area (Å²) in [5.74, 6) is -4.20. The molecule has 27 heavy (non-hydrogen) atoms. The molecule has 0 aromatic heterocycles. The summed E-state index contributed by atoms with van der Waals surface area (Å²) in [6.07, 6.45) is 11.8. The van der Waals surface area contributed by atoms with E-state index in [2.05, 4.69) is 6.92 Å². The highest BCUT2D eigenvalue weighted by atomic mass is 19.1. The van der Waals surface area contributed by atoms with E-state index in [9.17, 15) is 24.1 Å². The lowest BCUT2D eigenvalue weighted by atomic mass is 9.92. The Morgan fingerprint density at radius 2 is 1.37 bits per heavy atom. The SMILES string of the molecule is CCCCCCCCC(CCCCCCc1ccc(F)cc1F)C(O)(O)O. The molecule has 1 unspecified atom stereocenters. The fourth-order valence-corrected chi connectivity index (χ4v) is 3.49. The molecular formula is C22H36F2O3. The van der Waals surface area contributed by atoms with Crippen molar-refractivity contribution in [1.29, 1.82) is 0 Å². The Balaban J connectivity index is 2.19. The van der Waals surface area contributed by atoms with E-state index in [1.54, 1.807) is 0 Å². The van der Waals surface area contributed by atoms with Crippen molar-refractivity contribution in [2.75, 3.05) is 0 Å². The van der Waals surface area contributed by atoms with Crippen molar-refractivity contribution in [3.05, 3.63) is 35.4 Å². The maximum Gasteiger partial charge on any atom is 0.278 e. The van der Waals surface area contributed by atoms with Crippen LogP contribution in [0.4, 0.5) is 8.78 Å². The molecule has 0 aliphatic rings. The molecule has 0 fully saturated rings. The number of halogens is 2. The molecule has 0 saturated carbocycles. The van der Waals surface area contributed by atoms with E-state index in [4.69, 9.17) is 0 Å². The third kappa shape index (κ3) is 10.8. The van der Waals surface area contributed by atoms with Crippen LogP contribution in [-0.2, 0) is 6.42 Å². The molecule has 0 amide bonds. The fraction of sp³-hybridized carbons (Fsp3) is 0.727. The molecule has 3 nitrogen and oxygen atoms in total. The number of aliphatic hydroxyl groups is 3. The monoisotopic (exact) mass is 386 g/mol. The van der Waals surface area contributed by atoms with Crippen LogP contribution in [0.3, 0.4) is 0 Å². The van der Waals surface area contributed by atoms with Gasteiger partial charge < -0.3 is 15.3 Å². The first-order chi connectivity index (χ1) is 12.8. The van der Waals surface area contributed by atoms with E-state index in [1.165, 1.54) is 31.4 Å². The first-order valence-electron chi connectivity index (χ1n) is 10.5. The van der Waals surface area contributed by atoms with Crippen LogP contribution in [0.2, 0.25) is 0 Å². The van der Waals surface area contributed by atoms with Gasteiger partial charge in [0.1, 0.15) is 11.6 Å². The number of aryl methyl sites for hydroxylation is 1. The largest absolute Gasteiger partial charge is 0.343 e. The average Bonchev–Trinajstić information content (AvgIpc) is 2.59. The van der Waals surface area contributed by atoms with Gasteiger partial charge in [-0.05, 0) is 37.3 Å². The number of hydrogen-bond donors (Lipinski definition) is 3. The summed E-state index contributed by atoms with van der Waals surface area (Å²) in [4.78, 5) is 0. The minimum absolute atomic E-state index is 0.500. The van der Waals surface area contributed by atoms with Crippen molar-refractivity contribution < 1.29 is 24.1 Å². The average molecular weight is 387 g/mol. The third-order valence-electron chi connectivity index (χ3n) is 5.22. The van der Waals surface area contributed by atoms with Crippen molar-refractivity contribution >= 4 is 0 Å². The summed E-state index contributed by atoms with van der Waals surface area (Å²) in [6, 6.07) is 3.67. The molecule has 0 spiro atoms. The Bertz CT molecular complexity index is 515. The van der Waals surface area contributed by atoms with Gasteiger partial charge in [-0.25, -0.2) is 8.78 Å². The summed E-state index contributed by atoms with van der Waals surface area (Å²) in [5, 5.41) is 28.7. The second-order valence-electron chi connectivity index (χ2n) is 7.63. The standard InChI is InChI=1S/C22H36F2O3/c1-2-3-4-5-6-10-13-19(22(25,26)27)14-11-8-7-9-12-18-15-16-20(23)17-21(18)24/h15-17,19,25-27H,2-14H2,1H3. The Morgan fingerprint density at radius 3 is 1.93 bits per heavy atom. The second-order valence-corrected chi connectivity index (χ2v) is 7.63. The zero-order chi connectivity index (χ0) is 20.1. The minimum atomic E-state index is -2.61. The van der Waals surface area contributed by atoms with E-state index >= 15 is 0 Å². The smallest absolute Gasteiger partial charge is 0.278 e. The number of unbranched alkanes of at least 4 members (excludes halogenated alkanes) is 8. The molecule has 1 atom stereocenters. The molecule has 1 rings (SSSR count). The van der Waals surface area contributed by atoms with Gasteiger partial charge in [-0.2, -0.15) is 0 Å². The van der Waals surface area contributed by atoms with Gasteiger partial charge in [0, 0.05) is 12.0 Å². The first kappa shape index (κ1) is 24.0. The second kappa shape index (κ2) is 13.2. The van der Waals surface area contributed by atoms with Gasteiger partial charge in [-0.1, -0.05) is 70.8 Å². The molecule has 0 aliphatic heterocycles. The molecule has 0 radical (unpaired) electrons. The van der Waals surface area contributed by atoms with Gasteiger partial charge in [0.2, 0.25) is 0 Å². The Labute approximate surface area is 162 Å². The summed E-state index contributed by atoms with van der Waals surface area (Å²) >= 11 is 0. The Kier molecular flexibility index (Phi) is 11.7. The van der Waals surface area contributed by atoms with Crippen LogP contribution >= 0.6 is 0 Å². The quantitative estimate of drug-likeness (QED) is 0.277. The third-order valence-corrected chi connectivity index (χ3v) is 5.22. The molecule has 156 valence electrons. The maximum absolute atomic E-state index is 13.6. The minimum Gasteiger partial charge on any atom is -0.343 e. The van der Waals surface area contributed by atoms with E-state index in [1.807, 2.05) is 0 Å². The van der Waals surface area contributed by atoms with Gasteiger partial charge in [-0.15, -0.1) is 0 Å². The van der Waals surface area contributed by atoms with Crippen LogP contribution in [0.1, 0.15) is 89.5 Å². The van der Waals surface area contributed by atoms with Crippen molar-refractivity contribution in [2.45, 2.75) is 96.4 Å². The van der Waals surface area contributed by atoms with E-state index in [0.717, 1.165) is 51.0 Å². The van der Waals surface area contributed by atoms with Crippen molar-refractivity contribution in [1.82, 2.24) is 0 Å². The van der Waals surface area contributed by atoms with Gasteiger partial charge >= 0.3 is 0 Å². The van der Waals surface area contributed by atoms with E-state index in [0.29, 0.717) is 24.8 Å². The number of benzene rings is 1. The van der Waals surface area contributed by atoms with Crippen LogP contribution in [0, 0.1) is 17.6 Å². The predicted molar refractivity (Wildman–Crippen MR) is 104 cm³/mol. The van der Waals surface area contributed by atoms with Crippen molar-refractivity contribution in [2.24, 2.45) is 5.92 Å². The van der Waals surface area contributed by atoms with Gasteiger partial charge in [-0.3, -0.25) is 0 Å². The molecule has 0 saturated heterocycles. The van der Waals surface area contributed by atoms with Crippen molar-refractivity contribution in [3.63, 3.8) is 0 Å². The van der Waals surface area contributed by atoms with Crippen LogP contribution in [0.25, 0.3) is 0 Å². The molecule has 0 bridgehead atoms. The number of rotatable bonds is 15. The zero-order valence-corrected chi connectivity index (χ0v) is 16.6. The molecule has 5 heteroatoms. The van der Waals surface area contributed by atoms with E-state index < -0.39 is 23.5 Å². The van der Waals surface area contributed by atoms with Gasteiger partial charge in [0.15, 0.2) is 0 Å². The maximum atomic E-state index is 13.6. The lowest BCUT2D eigenvalue weighted by Gasteiger charge is -2.26. The Morgan fingerprint density at radius 1 is 0.815 bits per heavy atom. The topological polar surface area (TPSA) is 60.7 Å². The molecule has 0 aliphatic carbocycles. The fourth-order valence-electron chi connectivity index (χ4n) is 3.49. The summed E-state index contributed by atoms with van der Waals surface area (Å²) < 4.78 is 26.4. The highest BCUT2D eigenvalue weighted by Gasteiger charge is 2.30. The molecule has 1 aromatic carbocycles. The van der Waals surface area contributed by atoms with E-state index in [-0.39, 0.29) is 0 Å². The normalized spacial score (nSPS) is 13.1.